The van der Waals surface area contributed by atoms with Crippen LogP contribution in [0.1, 0.15) is 19.6 Å². The molecule has 2 aromatic rings. The molecule has 0 saturated heterocycles. The molecule has 0 spiro atoms. The second-order valence-corrected chi connectivity index (χ2v) is 5.04. The minimum atomic E-state index is -0.601. The van der Waals surface area contributed by atoms with E-state index in [-0.39, 0.29) is 17.9 Å². The van der Waals surface area contributed by atoms with Crippen molar-refractivity contribution in [1.82, 2.24) is 15.0 Å². The van der Waals surface area contributed by atoms with E-state index in [1.165, 1.54) is 24.4 Å². The summed E-state index contributed by atoms with van der Waals surface area (Å²) in [7, 11) is 1.70. The van der Waals surface area contributed by atoms with E-state index in [1.807, 2.05) is 13.8 Å². The summed E-state index contributed by atoms with van der Waals surface area (Å²) >= 11 is 0. The molecule has 11 heteroatoms. The molecule has 0 aliphatic heterocycles. The summed E-state index contributed by atoms with van der Waals surface area (Å²) in [6.45, 7) is 3.94. The molecule has 25 heavy (non-hydrogen) atoms. The Morgan fingerprint density at radius 3 is 2.60 bits per heavy atom. The molecule has 2 aromatic heterocycles. The van der Waals surface area contributed by atoms with Crippen molar-refractivity contribution in [2.24, 2.45) is 5.10 Å². The summed E-state index contributed by atoms with van der Waals surface area (Å²) in [5.41, 5.74) is 2.68. The Kier molecular flexibility index (Phi) is 5.98. The number of nitrogens with zero attached hydrogens (tertiary/aromatic N) is 5. The van der Waals surface area contributed by atoms with Gasteiger partial charge in [-0.25, -0.2) is 5.43 Å². The van der Waals surface area contributed by atoms with E-state index in [2.05, 4.69) is 36.1 Å². The van der Waals surface area contributed by atoms with Gasteiger partial charge in [-0.1, -0.05) is 0 Å². The van der Waals surface area contributed by atoms with Gasteiger partial charge in [0, 0.05) is 19.3 Å². The summed E-state index contributed by atoms with van der Waals surface area (Å²) < 4.78 is 4.98. The number of anilines is 3. The van der Waals surface area contributed by atoms with Crippen LogP contribution in [0.4, 0.5) is 23.7 Å². The zero-order valence-corrected chi connectivity index (χ0v) is 13.9. The Labute approximate surface area is 143 Å². The van der Waals surface area contributed by atoms with Gasteiger partial charge in [0.05, 0.1) is 6.07 Å². The lowest BCUT2D eigenvalue weighted by Gasteiger charge is -2.10. The number of nitrogens with one attached hydrogen (secondary N) is 3. The fraction of sp³-hybridized carbons (Fsp3) is 0.286. The van der Waals surface area contributed by atoms with Crippen molar-refractivity contribution in [3.05, 3.63) is 34.1 Å². The standard InChI is InChI=1S/C14H18N8O3/c1-9(2)17-13-18-12(15-3)19-14(20-13)21-16-8-4-5-10-6-7-11(25-10)22(23)24/h4-9H,1-3H3,(H3,15,17,18,19,20,21)/b5-4+,16-8+. The lowest BCUT2D eigenvalue weighted by molar-refractivity contribution is -0.402. The third-order valence-electron chi connectivity index (χ3n) is 2.65. The summed E-state index contributed by atoms with van der Waals surface area (Å²) in [5, 5.41) is 20.4. The number of rotatable bonds is 8. The van der Waals surface area contributed by atoms with Gasteiger partial charge in [-0.2, -0.15) is 20.1 Å². The van der Waals surface area contributed by atoms with Crippen molar-refractivity contribution in [1.29, 1.82) is 0 Å². The first-order chi connectivity index (χ1) is 12.0. The third kappa shape index (κ3) is 5.57. The maximum Gasteiger partial charge on any atom is 0.433 e. The van der Waals surface area contributed by atoms with E-state index in [9.17, 15) is 10.1 Å². The van der Waals surface area contributed by atoms with Gasteiger partial charge in [0.15, 0.2) is 0 Å². The van der Waals surface area contributed by atoms with Crippen molar-refractivity contribution < 1.29 is 9.34 Å². The van der Waals surface area contributed by atoms with E-state index in [4.69, 9.17) is 4.42 Å². The second-order valence-electron chi connectivity index (χ2n) is 5.04. The predicted molar refractivity (Wildman–Crippen MR) is 94.6 cm³/mol. The predicted octanol–water partition coefficient (Wildman–Crippen LogP) is 2.35. The highest BCUT2D eigenvalue weighted by Crippen LogP contribution is 2.16. The van der Waals surface area contributed by atoms with Gasteiger partial charge >= 0.3 is 5.88 Å². The maximum atomic E-state index is 10.5. The van der Waals surface area contributed by atoms with E-state index in [1.54, 1.807) is 13.1 Å². The maximum absolute atomic E-state index is 10.5. The van der Waals surface area contributed by atoms with Crippen molar-refractivity contribution in [3.8, 4) is 0 Å². The smallest absolute Gasteiger partial charge is 0.401 e. The highest BCUT2D eigenvalue weighted by molar-refractivity contribution is 5.78. The molecule has 0 radical (unpaired) electrons. The molecule has 132 valence electrons. The number of hydrazone groups is 1. The van der Waals surface area contributed by atoms with Gasteiger partial charge in [0.1, 0.15) is 10.7 Å². The zero-order chi connectivity index (χ0) is 18.2. The first-order valence-electron chi connectivity index (χ1n) is 7.38. The van der Waals surface area contributed by atoms with Crippen LogP contribution in [0.2, 0.25) is 0 Å². The van der Waals surface area contributed by atoms with Crippen molar-refractivity contribution in [2.45, 2.75) is 19.9 Å². The molecule has 0 aromatic carbocycles. The Morgan fingerprint density at radius 2 is 1.96 bits per heavy atom. The summed E-state index contributed by atoms with van der Waals surface area (Å²) in [6.07, 6.45) is 4.53. The van der Waals surface area contributed by atoms with Gasteiger partial charge < -0.3 is 15.1 Å². The van der Waals surface area contributed by atoms with Crippen LogP contribution in [0.15, 0.2) is 27.7 Å². The largest absolute Gasteiger partial charge is 0.433 e. The molecule has 2 heterocycles. The molecular weight excluding hydrogens is 328 g/mol. The highest BCUT2D eigenvalue weighted by Gasteiger charge is 2.09. The molecule has 0 aliphatic rings. The Balaban J connectivity index is 1.98. The fourth-order valence-corrected chi connectivity index (χ4v) is 1.67. The summed E-state index contributed by atoms with van der Waals surface area (Å²) in [5.74, 6) is 1.12. The molecule has 0 amide bonds. The fourth-order valence-electron chi connectivity index (χ4n) is 1.67. The molecule has 2 rings (SSSR count). The van der Waals surface area contributed by atoms with Crippen molar-refractivity contribution in [3.63, 3.8) is 0 Å². The van der Waals surface area contributed by atoms with Crippen LogP contribution >= 0.6 is 0 Å². The Morgan fingerprint density at radius 1 is 1.24 bits per heavy atom. The van der Waals surface area contributed by atoms with Gasteiger partial charge in [-0.3, -0.25) is 10.1 Å². The molecule has 11 nitrogen and oxygen atoms in total. The normalized spacial score (nSPS) is 11.4. The number of aromatic nitrogens is 3. The number of allylic oxidation sites excluding steroid dienone is 1. The third-order valence-corrected chi connectivity index (χ3v) is 2.65. The van der Waals surface area contributed by atoms with Crippen LogP contribution < -0.4 is 16.1 Å². The molecule has 0 saturated carbocycles. The average Bonchev–Trinajstić information content (AvgIpc) is 3.03. The number of hydrogen-bond acceptors (Lipinski definition) is 10. The second kappa shape index (κ2) is 8.38. The van der Waals surface area contributed by atoms with Crippen LogP contribution in [-0.4, -0.2) is 39.2 Å². The number of nitro groups is 1. The molecule has 0 bridgehead atoms. The Bertz CT molecular complexity index is 784. The lowest BCUT2D eigenvalue weighted by Crippen LogP contribution is -2.15. The van der Waals surface area contributed by atoms with Gasteiger partial charge in [0.25, 0.3) is 0 Å². The van der Waals surface area contributed by atoms with Crippen LogP contribution in [0.25, 0.3) is 6.08 Å². The van der Waals surface area contributed by atoms with Crippen LogP contribution in [-0.2, 0) is 0 Å². The van der Waals surface area contributed by atoms with E-state index >= 15 is 0 Å². The monoisotopic (exact) mass is 346 g/mol. The average molecular weight is 346 g/mol. The van der Waals surface area contributed by atoms with E-state index < -0.39 is 4.92 Å². The topological polar surface area (TPSA) is 143 Å². The SMILES string of the molecule is CNc1nc(N/N=C/C=C/c2ccc([N+](=O)[O-])o2)nc(NC(C)C)n1. The highest BCUT2D eigenvalue weighted by atomic mass is 16.6. The van der Waals surface area contributed by atoms with E-state index in [0.717, 1.165) is 0 Å². The molecule has 0 fully saturated rings. The quantitative estimate of drug-likeness (QED) is 0.372. The first-order valence-corrected chi connectivity index (χ1v) is 7.38. The van der Waals surface area contributed by atoms with Crippen molar-refractivity contribution >= 4 is 36.0 Å². The number of furan rings is 1. The van der Waals surface area contributed by atoms with Crippen LogP contribution in [0.3, 0.4) is 0 Å². The summed E-state index contributed by atoms with van der Waals surface area (Å²) in [6, 6.07) is 2.94. The minimum absolute atomic E-state index is 0.170. The lowest BCUT2D eigenvalue weighted by atomic mass is 10.4. The van der Waals surface area contributed by atoms with Gasteiger partial charge in [-0.05, 0) is 32.1 Å². The minimum Gasteiger partial charge on any atom is -0.401 e. The first kappa shape index (κ1) is 17.8. The molecule has 3 N–H and O–H groups in total. The van der Waals surface area contributed by atoms with Crippen molar-refractivity contribution in [2.75, 3.05) is 23.1 Å². The zero-order valence-electron chi connectivity index (χ0n) is 13.9. The van der Waals surface area contributed by atoms with Gasteiger partial charge in [-0.15, -0.1) is 0 Å². The van der Waals surface area contributed by atoms with E-state index in [0.29, 0.717) is 17.7 Å². The number of hydrogen-bond donors (Lipinski definition) is 3. The molecule has 0 aliphatic carbocycles. The molecular formula is C14H18N8O3. The molecule has 0 atom stereocenters. The Hall–Kier alpha value is -3.50. The van der Waals surface area contributed by atoms with Crippen LogP contribution in [0, 0.1) is 10.1 Å². The van der Waals surface area contributed by atoms with Gasteiger partial charge in [0.2, 0.25) is 17.8 Å². The summed E-state index contributed by atoms with van der Waals surface area (Å²) in [4.78, 5) is 22.4. The molecule has 0 unspecified atom stereocenters. The van der Waals surface area contributed by atoms with Crippen LogP contribution in [0.5, 0.6) is 0 Å².